The first-order chi connectivity index (χ1) is 11.8. The number of nitrogens with one attached hydrogen (secondary N) is 2. The highest BCUT2D eigenvalue weighted by molar-refractivity contribution is 6.30. The molecule has 1 heterocycles. The quantitative estimate of drug-likeness (QED) is 0.679. The summed E-state index contributed by atoms with van der Waals surface area (Å²) < 4.78 is 0. The molecule has 1 aliphatic rings. The van der Waals surface area contributed by atoms with Gasteiger partial charge in [-0.05, 0) is 31.0 Å². The summed E-state index contributed by atoms with van der Waals surface area (Å²) in [5.74, 6) is 1.40. The third-order valence-corrected chi connectivity index (χ3v) is 4.04. The minimum Gasteiger partial charge on any atom is -0.351 e. The number of rotatable bonds is 5. The van der Waals surface area contributed by atoms with Crippen molar-refractivity contribution in [3.63, 3.8) is 0 Å². The molecule has 0 aliphatic heterocycles. The third kappa shape index (κ3) is 3.66. The van der Waals surface area contributed by atoms with Gasteiger partial charge in [-0.3, -0.25) is 0 Å². The molecule has 1 aromatic heterocycles. The summed E-state index contributed by atoms with van der Waals surface area (Å²) in [6.45, 7) is 0. The lowest BCUT2D eigenvalue weighted by Gasteiger charge is -2.11. The number of aromatic nitrogens is 2. The monoisotopic (exact) mass is 336 g/mol. The second-order valence-electron chi connectivity index (χ2n) is 5.88. The lowest BCUT2D eigenvalue weighted by atomic mass is 10.1. The Balaban J connectivity index is 1.69. The van der Waals surface area contributed by atoms with Crippen LogP contribution in [0, 0.1) is 0 Å². The van der Waals surface area contributed by atoms with Crippen molar-refractivity contribution in [3.05, 3.63) is 65.7 Å². The lowest BCUT2D eigenvalue weighted by Crippen LogP contribution is -2.07. The van der Waals surface area contributed by atoms with Crippen molar-refractivity contribution in [2.75, 3.05) is 10.6 Å². The average Bonchev–Trinajstić information content (AvgIpc) is 3.39. The molecule has 1 fully saturated rings. The standard InChI is InChI=1S/C19H17ClN4/c20-14-7-4-8-16(11-14)21-18-12-17(13-5-2-1-3-6-13)23-19(24-18)22-15-9-10-15/h1-8,11-12,15H,9-10H2,(H2,21,22,23,24). The average molecular weight is 337 g/mol. The van der Waals surface area contributed by atoms with E-state index in [0.717, 1.165) is 22.8 Å². The minimum absolute atomic E-state index is 0.495. The van der Waals surface area contributed by atoms with Gasteiger partial charge in [-0.15, -0.1) is 0 Å². The summed E-state index contributed by atoms with van der Waals surface area (Å²) in [5, 5.41) is 7.38. The molecule has 120 valence electrons. The second-order valence-corrected chi connectivity index (χ2v) is 6.32. The fourth-order valence-corrected chi connectivity index (χ4v) is 2.65. The third-order valence-electron chi connectivity index (χ3n) is 3.80. The van der Waals surface area contributed by atoms with Gasteiger partial charge in [0.05, 0.1) is 5.69 Å². The van der Waals surface area contributed by atoms with Gasteiger partial charge in [-0.25, -0.2) is 4.98 Å². The molecule has 2 N–H and O–H groups in total. The zero-order valence-electron chi connectivity index (χ0n) is 13.0. The molecule has 0 radical (unpaired) electrons. The number of anilines is 3. The number of nitrogens with zero attached hydrogens (tertiary/aromatic N) is 2. The van der Waals surface area contributed by atoms with E-state index in [0.29, 0.717) is 17.0 Å². The fraction of sp³-hybridized carbons (Fsp3) is 0.158. The second kappa shape index (κ2) is 6.49. The van der Waals surface area contributed by atoms with Crippen molar-refractivity contribution in [1.82, 2.24) is 9.97 Å². The van der Waals surface area contributed by atoms with Crippen LogP contribution in [-0.4, -0.2) is 16.0 Å². The first-order valence-corrected chi connectivity index (χ1v) is 8.38. The van der Waals surface area contributed by atoms with Crippen LogP contribution in [0.15, 0.2) is 60.7 Å². The molecule has 1 saturated carbocycles. The first kappa shape index (κ1) is 15.0. The van der Waals surface area contributed by atoms with Crippen molar-refractivity contribution in [3.8, 4) is 11.3 Å². The van der Waals surface area contributed by atoms with E-state index in [4.69, 9.17) is 11.6 Å². The van der Waals surface area contributed by atoms with Crippen LogP contribution in [0.2, 0.25) is 5.02 Å². The zero-order chi connectivity index (χ0) is 16.4. The smallest absolute Gasteiger partial charge is 0.225 e. The Labute approximate surface area is 145 Å². The molecule has 5 heteroatoms. The number of hydrogen-bond acceptors (Lipinski definition) is 4. The molecule has 2 aromatic carbocycles. The maximum Gasteiger partial charge on any atom is 0.225 e. The van der Waals surface area contributed by atoms with E-state index >= 15 is 0 Å². The molecule has 4 nitrogen and oxygen atoms in total. The van der Waals surface area contributed by atoms with Gasteiger partial charge in [0.15, 0.2) is 0 Å². The summed E-state index contributed by atoms with van der Waals surface area (Å²) in [7, 11) is 0. The summed E-state index contributed by atoms with van der Waals surface area (Å²) in [4.78, 5) is 9.24. The molecule has 0 saturated heterocycles. The van der Waals surface area contributed by atoms with Crippen molar-refractivity contribution < 1.29 is 0 Å². The predicted octanol–water partition coefficient (Wildman–Crippen LogP) is 5.11. The van der Waals surface area contributed by atoms with Gasteiger partial charge in [0.1, 0.15) is 5.82 Å². The molecular weight excluding hydrogens is 320 g/mol. The summed E-state index contributed by atoms with van der Waals surface area (Å²) in [6.07, 6.45) is 2.35. The van der Waals surface area contributed by atoms with Crippen LogP contribution < -0.4 is 10.6 Å². The number of halogens is 1. The molecule has 0 atom stereocenters. The Morgan fingerprint density at radius 2 is 1.75 bits per heavy atom. The van der Waals surface area contributed by atoms with Crippen LogP contribution >= 0.6 is 11.6 Å². The Morgan fingerprint density at radius 1 is 0.917 bits per heavy atom. The van der Waals surface area contributed by atoms with Crippen molar-refractivity contribution in [2.24, 2.45) is 0 Å². The Morgan fingerprint density at radius 3 is 2.50 bits per heavy atom. The van der Waals surface area contributed by atoms with Gasteiger partial charge in [0.2, 0.25) is 5.95 Å². The molecule has 24 heavy (non-hydrogen) atoms. The normalized spacial score (nSPS) is 13.5. The van der Waals surface area contributed by atoms with Crippen molar-refractivity contribution >= 4 is 29.1 Å². The summed E-state index contributed by atoms with van der Waals surface area (Å²) in [6, 6.07) is 20.2. The molecule has 1 aliphatic carbocycles. The van der Waals surface area contributed by atoms with E-state index in [1.807, 2.05) is 60.7 Å². The Kier molecular flexibility index (Phi) is 4.05. The van der Waals surface area contributed by atoms with Gasteiger partial charge >= 0.3 is 0 Å². The van der Waals surface area contributed by atoms with Gasteiger partial charge < -0.3 is 10.6 Å². The minimum atomic E-state index is 0.495. The maximum atomic E-state index is 6.06. The summed E-state index contributed by atoms with van der Waals surface area (Å²) in [5.41, 5.74) is 2.85. The lowest BCUT2D eigenvalue weighted by molar-refractivity contribution is 1.06. The molecule has 0 unspecified atom stereocenters. The van der Waals surface area contributed by atoms with Crippen LogP contribution in [0.4, 0.5) is 17.5 Å². The molecule has 3 aromatic rings. The van der Waals surface area contributed by atoms with Gasteiger partial charge in [-0.2, -0.15) is 4.98 Å². The molecule has 4 rings (SSSR count). The number of hydrogen-bond donors (Lipinski definition) is 2. The van der Waals surface area contributed by atoms with Crippen molar-refractivity contribution in [2.45, 2.75) is 18.9 Å². The van der Waals surface area contributed by atoms with Crippen LogP contribution in [0.5, 0.6) is 0 Å². The van der Waals surface area contributed by atoms with Gasteiger partial charge in [0.25, 0.3) is 0 Å². The zero-order valence-corrected chi connectivity index (χ0v) is 13.8. The Bertz CT molecular complexity index is 847. The SMILES string of the molecule is Clc1cccc(Nc2cc(-c3ccccc3)nc(NC3CC3)n2)c1. The van der Waals surface area contributed by atoms with E-state index in [1.54, 1.807) is 0 Å². The topological polar surface area (TPSA) is 49.8 Å². The van der Waals surface area contributed by atoms with Crippen LogP contribution in [0.1, 0.15) is 12.8 Å². The molecule has 0 bridgehead atoms. The van der Waals surface area contributed by atoms with Crippen LogP contribution in [0.25, 0.3) is 11.3 Å². The maximum absolute atomic E-state index is 6.06. The fourth-order valence-electron chi connectivity index (χ4n) is 2.46. The van der Waals surface area contributed by atoms with E-state index in [-0.39, 0.29) is 0 Å². The molecular formula is C19H17ClN4. The molecule has 0 amide bonds. The Hall–Kier alpha value is -2.59. The van der Waals surface area contributed by atoms with Gasteiger partial charge in [-0.1, -0.05) is 48.0 Å². The van der Waals surface area contributed by atoms with E-state index in [2.05, 4.69) is 20.6 Å². The highest BCUT2D eigenvalue weighted by atomic mass is 35.5. The van der Waals surface area contributed by atoms with E-state index in [9.17, 15) is 0 Å². The summed E-state index contributed by atoms with van der Waals surface area (Å²) >= 11 is 6.06. The van der Waals surface area contributed by atoms with Crippen LogP contribution in [0.3, 0.4) is 0 Å². The van der Waals surface area contributed by atoms with Crippen LogP contribution in [-0.2, 0) is 0 Å². The first-order valence-electron chi connectivity index (χ1n) is 8.00. The highest BCUT2D eigenvalue weighted by Gasteiger charge is 2.22. The van der Waals surface area contributed by atoms with Crippen molar-refractivity contribution in [1.29, 1.82) is 0 Å². The number of benzene rings is 2. The molecule has 0 spiro atoms. The van der Waals surface area contributed by atoms with E-state index < -0.39 is 0 Å². The van der Waals surface area contributed by atoms with Gasteiger partial charge in [0, 0.05) is 28.4 Å². The van der Waals surface area contributed by atoms with E-state index in [1.165, 1.54) is 12.8 Å². The largest absolute Gasteiger partial charge is 0.351 e. The predicted molar refractivity (Wildman–Crippen MR) is 98.8 cm³/mol. The highest BCUT2D eigenvalue weighted by Crippen LogP contribution is 2.27.